The van der Waals surface area contributed by atoms with Gasteiger partial charge in [0.2, 0.25) is 0 Å². The molecule has 0 radical (unpaired) electrons. The minimum atomic E-state index is -0.752. The Balaban J connectivity index is 0.000000162. The van der Waals surface area contributed by atoms with Crippen molar-refractivity contribution in [2.75, 3.05) is 33.2 Å². The summed E-state index contributed by atoms with van der Waals surface area (Å²) in [5.74, 6) is 1.02. The molecule has 0 spiro atoms. The van der Waals surface area contributed by atoms with E-state index < -0.39 is 23.3 Å². The molecule has 6 fully saturated rings. The third kappa shape index (κ3) is 11.0. The number of epoxide rings is 2. The van der Waals surface area contributed by atoms with Crippen molar-refractivity contribution < 1.29 is 41.2 Å². The first kappa shape index (κ1) is 38.2. The van der Waals surface area contributed by atoms with Crippen molar-refractivity contribution in [3.63, 3.8) is 0 Å². The molecule has 4 saturated carbocycles. The highest BCUT2D eigenvalue weighted by Gasteiger charge is 2.34. The highest BCUT2D eigenvalue weighted by molar-refractivity contribution is 5.23. The summed E-state index contributed by atoms with van der Waals surface area (Å²) in [4.78, 5) is 0. The van der Waals surface area contributed by atoms with Gasteiger partial charge in [0.05, 0.1) is 38.6 Å². The van der Waals surface area contributed by atoms with Gasteiger partial charge in [-0.1, -0.05) is 12.1 Å². The number of halogens is 4. The highest BCUT2D eigenvalue weighted by atomic mass is 19.2. The van der Waals surface area contributed by atoms with Crippen LogP contribution in [0.15, 0.2) is 36.4 Å². The van der Waals surface area contributed by atoms with Gasteiger partial charge in [0.15, 0.2) is 23.3 Å². The van der Waals surface area contributed by atoms with Crippen LogP contribution in [0.25, 0.3) is 0 Å². The monoisotopic (exact) mass is 730 g/mol. The zero-order chi connectivity index (χ0) is 35.9. The van der Waals surface area contributed by atoms with Crippen molar-refractivity contribution in [1.82, 2.24) is 0 Å². The van der Waals surface area contributed by atoms with Gasteiger partial charge in [-0.05, 0) is 174 Å². The standard InChI is InChI=1S/C22H30F2O3.C21H28F2O2/c23-21-10-7-18(11-22(21)24)17-3-1-15(2-4-17)16-5-8-19(9-6-16)27-14-25-12-20-13-26-20;22-20-10-7-17(11-21(20)23)16-3-1-14(2-4-16)15-5-8-18(9-6-15)24-12-19-13-25-19/h7,10-11,15-17,19-20H,1-6,8-9,12-14H2;7,10-11,14-16,18-19H,1-6,8-9,12-13H2. The van der Waals surface area contributed by atoms with E-state index in [0.29, 0.717) is 49.7 Å². The van der Waals surface area contributed by atoms with Crippen LogP contribution in [-0.2, 0) is 23.7 Å². The quantitative estimate of drug-likeness (QED) is 0.0942. The Morgan fingerprint density at radius 1 is 0.462 bits per heavy atom. The fourth-order valence-corrected chi connectivity index (χ4v) is 9.73. The molecule has 0 N–H and O–H groups in total. The van der Waals surface area contributed by atoms with Gasteiger partial charge in [0, 0.05) is 0 Å². The first-order valence-corrected chi connectivity index (χ1v) is 20.3. The van der Waals surface area contributed by atoms with Crippen molar-refractivity contribution in [3.05, 3.63) is 70.8 Å². The summed E-state index contributed by atoms with van der Waals surface area (Å²) in [6.45, 7) is 3.50. The number of benzene rings is 2. The topological polar surface area (TPSA) is 52.8 Å². The zero-order valence-corrected chi connectivity index (χ0v) is 30.6. The maximum absolute atomic E-state index is 13.5. The predicted molar refractivity (Wildman–Crippen MR) is 191 cm³/mol. The predicted octanol–water partition coefficient (Wildman–Crippen LogP) is 10.4. The zero-order valence-electron chi connectivity index (χ0n) is 30.6. The summed E-state index contributed by atoms with van der Waals surface area (Å²) in [6, 6.07) is 8.83. The fraction of sp³-hybridized carbons (Fsp3) is 0.721. The van der Waals surface area contributed by atoms with Crippen molar-refractivity contribution in [2.45, 2.75) is 139 Å². The van der Waals surface area contributed by atoms with Gasteiger partial charge in [0.1, 0.15) is 19.0 Å². The smallest absolute Gasteiger partial charge is 0.159 e. The summed E-state index contributed by atoms with van der Waals surface area (Å²) in [5, 5.41) is 0. The average molecular weight is 731 g/mol. The molecule has 52 heavy (non-hydrogen) atoms. The van der Waals surface area contributed by atoms with Crippen LogP contribution < -0.4 is 0 Å². The van der Waals surface area contributed by atoms with Crippen LogP contribution in [0.5, 0.6) is 0 Å². The number of hydrogen-bond acceptors (Lipinski definition) is 5. The Bertz CT molecular complexity index is 1390. The average Bonchev–Trinajstić information content (AvgIpc) is 4.13. The SMILES string of the molecule is Fc1ccc(C2CCC(C3CCC(OCC4CO4)CC3)CC2)cc1F.Fc1ccc(C2CCC(C3CCC(OCOCC4CO4)CC3)CC2)cc1F. The summed E-state index contributed by atoms with van der Waals surface area (Å²) in [7, 11) is 0. The van der Waals surface area contributed by atoms with Gasteiger partial charge < -0.3 is 23.7 Å². The molecule has 2 atom stereocenters. The van der Waals surface area contributed by atoms with E-state index in [1.807, 2.05) is 0 Å². The van der Waals surface area contributed by atoms with E-state index in [0.717, 1.165) is 93.1 Å². The Hall–Kier alpha value is -2.04. The van der Waals surface area contributed by atoms with Crippen molar-refractivity contribution >= 4 is 0 Å². The normalized spacial score (nSPS) is 34.6. The minimum absolute atomic E-state index is 0.297. The Labute approximate surface area is 307 Å². The van der Waals surface area contributed by atoms with Crippen molar-refractivity contribution in [3.8, 4) is 0 Å². The second-order valence-electron chi connectivity index (χ2n) is 16.5. The maximum Gasteiger partial charge on any atom is 0.159 e. The lowest BCUT2D eigenvalue weighted by atomic mass is 9.69. The third-order valence-electron chi connectivity index (χ3n) is 13.2. The molecule has 2 unspecified atom stereocenters. The molecule has 8 rings (SSSR count). The van der Waals surface area contributed by atoms with Crippen LogP contribution in [0.3, 0.4) is 0 Å². The van der Waals surface area contributed by atoms with Gasteiger partial charge in [-0.2, -0.15) is 0 Å². The third-order valence-corrected chi connectivity index (χ3v) is 13.2. The molecule has 6 aliphatic rings. The van der Waals surface area contributed by atoms with Crippen LogP contribution in [0.4, 0.5) is 17.6 Å². The van der Waals surface area contributed by atoms with Crippen molar-refractivity contribution in [2.24, 2.45) is 23.7 Å². The first-order chi connectivity index (χ1) is 25.4. The number of ether oxygens (including phenoxy) is 5. The van der Waals surface area contributed by atoms with Crippen LogP contribution in [0.2, 0.25) is 0 Å². The molecule has 2 heterocycles. The lowest BCUT2D eigenvalue weighted by Gasteiger charge is -2.38. The molecule has 288 valence electrons. The van der Waals surface area contributed by atoms with Crippen molar-refractivity contribution in [1.29, 1.82) is 0 Å². The van der Waals surface area contributed by atoms with Gasteiger partial charge in [0.25, 0.3) is 0 Å². The fourth-order valence-electron chi connectivity index (χ4n) is 9.73. The van der Waals surface area contributed by atoms with Crippen LogP contribution >= 0.6 is 0 Å². The molecule has 0 amide bonds. The van der Waals surface area contributed by atoms with E-state index >= 15 is 0 Å². The molecular weight excluding hydrogens is 672 g/mol. The first-order valence-electron chi connectivity index (χ1n) is 20.3. The van der Waals surface area contributed by atoms with Crippen LogP contribution in [-0.4, -0.2) is 57.6 Å². The molecule has 2 saturated heterocycles. The maximum atomic E-state index is 13.5. The molecule has 9 heteroatoms. The molecule has 2 aromatic rings. The molecule has 2 aromatic carbocycles. The van der Waals surface area contributed by atoms with Gasteiger partial charge in [-0.15, -0.1) is 0 Å². The summed E-state index contributed by atoms with van der Waals surface area (Å²) in [6.07, 6.45) is 20.3. The van der Waals surface area contributed by atoms with Gasteiger partial charge in [-0.3, -0.25) is 0 Å². The Morgan fingerprint density at radius 3 is 1.25 bits per heavy atom. The molecule has 0 bridgehead atoms. The Kier molecular flexibility index (Phi) is 13.6. The van der Waals surface area contributed by atoms with E-state index in [1.165, 1.54) is 88.5 Å². The number of hydrogen-bond donors (Lipinski definition) is 0. The van der Waals surface area contributed by atoms with E-state index in [-0.39, 0.29) is 0 Å². The van der Waals surface area contributed by atoms with Gasteiger partial charge in [-0.25, -0.2) is 17.6 Å². The second-order valence-corrected chi connectivity index (χ2v) is 16.5. The summed E-state index contributed by atoms with van der Waals surface area (Å²) < 4.78 is 80.8. The summed E-state index contributed by atoms with van der Waals surface area (Å²) in [5.41, 5.74) is 1.93. The van der Waals surface area contributed by atoms with E-state index in [2.05, 4.69) is 0 Å². The van der Waals surface area contributed by atoms with E-state index in [4.69, 9.17) is 23.7 Å². The number of rotatable bonds is 12. The van der Waals surface area contributed by atoms with Crippen LogP contribution in [0, 0.1) is 46.9 Å². The lowest BCUT2D eigenvalue weighted by Crippen LogP contribution is -2.29. The highest BCUT2D eigenvalue weighted by Crippen LogP contribution is 2.45. The molecule has 4 aliphatic carbocycles. The molecule has 0 aromatic heterocycles. The minimum Gasteiger partial charge on any atom is -0.375 e. The van der Waals surface area contributed by atoms with Crippen LogP contribution in [0.1, 0.15) is 126 Å². The molecule has 5 nitrogen and oxygen atoms in total. The second kappa shape index (κ2) is 18.5. The largest absolute Gasteiger partial charge is 0.375 e. The van der Waals surface area contributed by atoms with E-state index in [1.54, 1.807) is 12.1 Å². The van der Waals surface area contributed by atoms with E-state index in [9.17, 15) is 17.6 Å². The Morgan fingerprint density at radius 2 is 0.846 bits per heavy atom. The molecular formula is C43H58F4O5. The lowest BCUT2D eigenvalue weighted by molar-refractivity contribution is -0.106. The molecule has 2 aliphatic heterocycles. The van der Waals surface area contributed by atoms with Gasteiger partial charge >= 0.3 is 0 Å². The summed E-state index contributed by atoms with van der Waals surface area (Å²) >= 11 is 0.